The maximum Gasteiger partial charge on any atom is 0.313 e. The van der Waals surface area contributed by atoms with Gasteiger partial charge < -0.3 is 4.74 Å². The highest BCUT2D eigenvalue weighted by atomic mass is 16.6. The van der Waals surface area contributed by atoms with Crippen molar-refractivity contribution in [3.05, 3.63) is 6.42 Å². The highest BCUT2D eigenvalue weighted by Crippen LogP contribution is 2.31. The predicted molar refractivity (Wildman–Crippen MR) is 103 cm³/mol. The van der Waals surface area contributed by atoms with E-state index in [1.807, 2.05) is 0 Å². The number of cyclic esters (lactones) is 1. The molecule has 141 valence electrons. The molecule has 2 heteroatoms. The van der Waals surface area contributed by atoms with Crippen LogP contribution in [-0.4, -0.2) is 12.1 Å². The molecule has 1 aliphatic rings. The van der Waals surface area contributed by atoms with Crippen molar-refractivity contribution in [3.8, 4) is 0 Å². The molecule has 1 rings (SSSR count). The summed E-state index contributed by atoms with van der Waals surface area (Å²) in [6.45, 7) is 4.50. The van der Waals surface area contributed by atoms with Crippen LogP contribution in [0.25, 0.3) is 0 Å². The normalized spacial score (nSPS) is 20.0. The highest BCUT2D eigenvalue weighted by molar-refractivity contribution is 5.78. The van der Waals surface area contributed by atoms with Crippen LogP contribution in [0.5, 0.6) is 0 Å². The Morgan fingerprint density at radius 1 is 0.792 bits per heavy atom. The van der Waals surface area contributed by atoms with Crippen molar-refractivity contribution in [1.82, 2.24) is 0 Å². The van der Waals surface area contributed by atoms with Gasteiger partial charge >= 0.3 is 5.97 Å². The van der Waals surface area contributed by atoms with Gasteiger partial charge in [-0.3, -0.25) is 4.79 Å². The Kier molecular flexibility index (Phi) is 13.3. The quantitative estimate of drug-likeness (QED) is 0.211. The van der Waals surface area contributed by atoms with Crippen LogP contribution in [0.4, 0.5) is 0 Å². The van der Waals surface area contributed by atoms with Gasteiger partial charge in [0.2, 0.25) is 0 Å². The van der Waals surface area contributed by atoms with Crippen LogP contribution in [0, 0.1) is 12.3 Å². The van der Waals surface area contributed by atoms with Crippen molar-refractivity contribution >= 4 is 5.97 Å². The molecule has 0 spiro atoms. The molecule has 0 saturated carbocycles. The van der Waals surface area contributed by atoms with Crippen LogP contribution >= 0.6 is 0 Å². The molecule has 2 unspecified atom stereocenters. The van der Waals surface area contributed by atoms with Crippen LogP contribution in [0.1, 0.15) is 117 Å². The summed E-state index contributed by atoms with van der Waals surface area (Å²) in [6, 6.07) is 0. The third-order valence-corrected chi connectivity index (χ3v) is 5.30. The SMILES string of the molecule is CCCCCCCCCCC[CH]CC1OC(=O)C1CCCCCC. The first-order valence-corrected chi connectivity index (χ1v) is 10.8. The minimum atomic E-state index is 0.0490. The summed E-state index contributed by atoms with van der Waals surface area (Å²) in [7, 11) is 0. The van der Waals surface area contributed by atoms with Gasteiger partial charge in [-0.2, -0.15) is 0 Å². The summed E-state index contributed by atoms with van der Waals surface area (Å²) in [6.07, 6.45) is 23.2. The van der Waals surface area contributed by atoms with E-state index >= 15 is 0 Å². The first-order chi connectivity index (χ1) is 11.8. The second-order valence-corrected chi connectivity index (χ2v) is 7.57. The fourth-order valence-corrected chi connectivity index (χ4v) is 3.59. The fraction of sp³-hybridized carbons (Fsp3) is 0.909. The Labute approximate surface area is 151 Å². The van der Waals surface area contributed by atoms with Gasteiger partial charge in [0, 0.05) is 0 Å². The van der Waals surface area contributed by atoms with Gasteiger partial charge in [0.25, 0.3) is 0 Å². The molecule has 0 amide bonds. The summed E-state index contributed by atoms with van der Waals surface area (Å²) < 4.78 is 5.33. The summed E-state index contributed by atoms with van der Waals surface area (Å²) in [4.78, 5) is 11.6. The van der Waals surface area contributed by atoms with Gasteiger partial charge in [-0.1, -0.05) is 104 Å². The van der Waals surface area contributed by atoms with Gasteiger partial charge in [0.05, 0.1) is 5.92 Å². The molecule has 1 aliphatic heterocycles. The first-order valence-electron chi connectivity index (χ1n) is 10.8. The summed E-state index contributed by atoms with van der Waals surface area (Å²) in [5, 5.41) is 0. The lowest BCUT2D eigenvalue weighted by molar-refractivity contribution is -0.185. The van der Waals surface area contributed by atoms with E-state index in [4.69, 9.17) is 4.74 Å². The third kappa shape index (κ3) is 9.69. The molecule has 1 heterocycles. The molecular weight excluding hydrogens is 296 g/mol. The van der Waals surface area contributed by atoms with E-state index in [-0.39, 0.29) is 18.0 Å². The molecule has 24 heavy (non-hydrogen) atoms. The summed E-state index contributed by atoms with van der Waals surface area (Å²) >= 11 is 0. The number of hydrogen-bond acceptors (Lipinski definition) is 2. The van der Waals surface area contributed by atoms with Crippen molar-refractivity contribution in [2.75, 3.05) is 0 Å². The van der Waals surface area contributed by atoms with E-state index in [0.29, 0.717) is 0 Å². The van der Waals surface area contributed by atoms with E-state index in [2.05, 4.69) is 20.3 Å². The molecule has 2 atom stereocenters. The molecular formula is C22H41O2. The molecule has 0 bridgehead atoms. The van der Waals surface area contributed by atoms with Crippen LogP contribution in [0.3, 0.4) is 0 Å². The Morgan fingerprint density at radius 3 is 1.92 bits per heavy atom. The lowest BCUT2D eigenvalue weighted by atomic mass is 9.87. The molecule has 0 aromatic heterocycles. The Hall–Kier alpha value is -0.530. The molecule has 0 aliphatic carbocycles. The lowest BCUT2D eigenvalue weighted by Crippen LogP contribution is -2.45. The number of esters is 1. The van der Waals surface area contributed by atoms with Crippen molar-refractivity contribution in [2.45, 2.75) is 123 Å². The number of carbonyl (C=O) groups excluding carboxylic acids is 1. The topological polar surface area (TPSA) is 26.3 Å². The minimum Gasteiger partial charge on any atom is -0.461 e. The van der Waals surface area contributed by atoms with E-state index in [0.717, 1.165) is 12.8 Å². The van der Waals surface area contributed by atoms with Crippen molar-refractivity contribution in [3.63, 3.8) is 0 Å². The minimum absolute atomic E-state index is 0.0490. The molecule has 1 radical (unpaired) electrons. The maximum absolute atomic E-state index is 11.6. The highest BCUT2D eigenvalue weighted by Gasteiger charge is 2.40. The van der Waals surface area contributed by atoms with E-state index in [1.54, 1.807) is 0 Å². The standard InChI is InChI=1S/C22H41O2/c1-3-5-7-9-10-11-12-13-14-15-17-19-21-20(22(23)24-21)18-16-8-6-4-2/h17,20-21H,3-16,18-19H2,1-2H3. The predicted octanol–water partition coefficient (Wildman–Crippen LogP) is 7.01. The number of ether oxygens (including phenoxy) is 1. The Bertz CT molecular complexity index is 300. The lowest BCUT2D eigenvalue weighted by Gasteiger charge is -2.35. The number of unbranched alkanes of at least 4 members (excludes halogenated alkanes) is 13. The van der Waals surface area contributed by atoms with Gasteiger partial charge in [-0.05, 0) is 19.3 Å². The zero-order valence-electron chi connectivity index (χ0n) is 16.4. The average Bonchev–Trinajstić information content (AvgIpc) is 2.58. The molecule has 2 nitrogen and oxygen atoms in total. The molecule has 0 aromatic carbocycles. The molecule has 0 N–H and O–H groups in total. The first kappa shape index (κ1) is 21.5. The fourth-order valence-electron chi connectivity index (χ4n) is 3.59. The molecule has 1 fully saturated rings. The second kappa shape index (κ2) is 14.8. The van der Waals surface area contributed by atoms with Gasteiger partial charge in [0.1, 0.15) is 6.10 Å². The Balaban J connectivity index is 1.87. The zero-order chi connectivity index (χ0) is 17.5. The van der Waals surface area contributed by atoms with Crippen molar-refractivity contribution < 1.29 is 9.53 Å². The smallest absolute Gasteiger partial charge is 0.313 e. The van der Waals surface area contributed by atoms with E-state index in [9.17, 15) is 4.79 Å². The molecule has 0 aromatic rings. The zero-order valence-corrected chi connectivity index (χ0v) is 16.4. The van der Waals surface area contributed by atoms with Gasteiger partial charge in [-0.15, -0.1) is 0 Å². The third-order valence-electron chi connectivity index (χ3n) is 5.30. The Morgan fingerprint density at radius 2 is 1.33 bits per heavy atom. The van der Waals surface area contributed by atoms with E-state index in [1.165, 1.54) is 89.9 Å². The summed E-state index contributed by atoms with van der Waals surface area (Å²) in [5.74, 6) is 0.245. The van der Waals surface area contributed by atoms with Crippen molar-refractivity contribution in [2.24, 2.45) is 5.92 Å². The average molecular weight is 338 g/mol. The van der Waals surface area contributed by atoms with Gasteiger partial charge in [-0.25, -0.2) is 0 Å². The van der Waals surface area contributed by atoms with Crippen LogP contribution in [0.2, 0.25) is 0 Å². The number of rotatable bonds is 17. The van der Waals surface area contributed by atoms with Crippen LogP contribution in [0.15, 0.2) is 0 Å². The van der Waals surface area contributed by atoms with E-state index < -0.39 is 0 Å². The molecule has 1 saturated heterocycles. The number of hydrogen-bond donors (Lipinski definition) is 0. The summed E-state index contributed by atoms with van der Waals surface area (Å²) in [5.41, 5.74) is 0. The monoisotopic (exact) mass is 337 g/mol. The maximum atomic E-state index is 11.6. The van der Waals surface area contributed by atoms with Crippen molar-refractivity contribution in [1.29, 1.82) is 0 Å². The van der Waals surface area contributed by atoms with Gasteiger partial charge in [0.15, 0.2) is 0 Å². The largest absolute Gasteiger partial charge is 0.461 e. The van der Waals surface area contributed by atoms with Crippen LogP contribution in [-0.2, 0) is 9.53 Å². The van der Waals surface area contributed by atoms with Crippen LogP contribution < -0.4 is 0 Å². The second-order valence-electron chi connectivity index (χ2n) is 7.57. The number of carbonyl (C=O) groups is 1.